The molecule has 0 fully saturated rings. The number of rotatable bonds is 6. The van der Waals surface area contributed by atoms with E-state index in [1.807, 2.05) is 24.3 Å². The molecule has 1 amide bonds. The van der Waals surface area contributed by atoms with Gasteiger partial charge in [0.1, 0.15) is 7.45 Å². The number of hydrogen-bond donors (Lipinski definition) is 4. The van der Waals surface area contributed by atoms with Crippen LogP contribution in [0, 0.1) is 0 Å². The van der Waals surface area contributed by atoms with Crippen molar-refractivity contribution in [3.63, 3.8) is 0 Å². The van der Waals surface area contributed by atoms with Crippen molar-refractivity contribution in [3.05, 3.63) is 36.0 Å². The van der Waals surface area contributed by atoms with Crippen LogP contribution in [0.5, 0.6) is 0 Å². The highest BCUT2D eigenvalue weighted by atomic mass is 16.4. The number of para-hydroxylation sites is 1. The van der Waals surface area contributed by atoms with E-state index in [1.54, 1.807) is 6.20 Å². The van der Waals surface area contributed by atoms with Gasteiger partial charge < -0.3 is 21.1 Å². The monoisotopic (exact) mass is 276 g/mol. The molecule has 0 aliphatic rings. The fourth-order valence-corrected chi connectivity index (χ4v) is 1.99. The second-order valence-corrected chi connectivity index (χ2v) is 4.68. The van der Waals surface area contributed by atoms with E-state index in [0.29, 0.717) is 6.42 Å². The molecule has 6 heteroatoms. The number of carboxylic acids is 1. The van der Waals surface area contributed by atoms with Crippen LogP contribution in [0.1, 0.15) is 12.5 Å². The van der Waals surface area contributed by atoms with Crippen LogP contribution in [0.25, 0.3) is 10.9 Å². The van der Waals surface area contributed by atoms with E-state index >= 15 is 0 Å². The van der Waals surface area contributed by atoms with E-state index in [4.69, 9.17) is 6.52 Å². The summed E-state index contributed by atoms with van der Waals surface area (Å²) in [5.74, 6) is -1.62. The van der Waals surface area contributed by atoms with Crippen molar-refractivity contribution in [2.45, 2.75) is 25.4 Å². The molecule has 0 radical (unpaired) electrons. The summed E-state index contributed by atoms with van der Waals surface area (Å²) in [6.45, 7) is 1.38. The fourth-order valence-electron chi connectivity index (χ4n) is 1.99. The SMILES string of the molecule is [2H]N[C@@H](Cc1c[nH]c2ccccc12)C(=O)N[C@@H](C)C(=O)O. The highest BCUT2D eigenvalue weighted by Gasteiger charge is 2.20. The summed E-state index contributed by atoms with van der Waals surface area (Å²) in [4.78, 5) is 25.8. The van der Waals surface area contributed by atoms with E-state index in [-0.39, 0.29) is 0 Å². The molecule has 0 aliphatic carbocycles. The van der Waals surface area contributed by atoms with Crippen LogP contribution in [0.15, 0.2) is 30.5 Å². The van der Waals surface area contributed by atoms with Crippen LogP contribution in [0.4, 0.5) is 0 Å². The molecule has 1 heterocycles. The highest BCUT2D eigenvalue weighted by Crippen LogP contribution is 2.18. The summed E-state index contributed by atoms with van der Waals surface area (Å²) in [6, 6.07) is 5.86. The summed E-state index contributed by atoms with van der Waals surface area (Å²) in [7, 11) is 0. The Hall–Kier alpha value is -2.34. The Morgan fingerprint density at radius 1 is 1.50 bits per heavy atom. The lowest BCUT2D eigenvalue weighted by Gasteiger charge is -2.14. The maximum absolute atomic E-state index is 12.0. The summed E-state index contributed by atoms with van der Waals surface area (Å²) < 4.78 is 7.28. The molecule has 0 bridgehead atoms. The second-order valence-electron chi connectivity index (χ2n) is 4.68. The first-order valence-corrected chi connectivity index (χ1v) is 6.28. The quantitative estimate of drug-likeness (QED) is 0.620. The summed E-state index contributed by atoms with van der Waals surface area (Å²) in [5, 5.41) is 12.1. The lowest BCUT2D eigenvalue weighted by atomic mass is 10.0. The van der Waals surface area contributed by atoms with Crippen LogP contribution in [0.2, 0.25) is 1.41 Å². The van der Waals surface area contributed by atoms with Gasteiger partial charge in [0.2, 0.25) is 5.91 Å². The van der Waals surface area contributed by atoms with Gasteiger partial charge >= 0.3 is 5.97 Å². The molecule has 106 valence electrons. The molecule has 1 aromatic carbocycles. The van der Waals surface area contributed by atoms with Gasteiger partial charge in [-0.15, -0.1) is 0 Å². The van der Waals surface area contributed by atoms with Crippen molar-refractivity contribution in [1.82, 2.24) is 10.3 Å². The number of nitrogens with one attached hydrogen (secondary N) is 2. The van der Waals surface area contributed by atoms with Gasteiger partial charge in [-0.1, -0.05) is 18.2 Å². The van der Waals surface area contributed by atoms with Crippen LogP contribution in [0.3, 0.4) is 0 Å². The van der Waals surface area contributed by atoms with E-state index in [9.17, 15) is 9.59 Å². The predicted molar refractivity (Wildman–Crippen MR) is 75.2 cm³/mol. The maximum Gasteiger partial charge on any atom is 0.325 e. The third kappa shape index (κ3) is 2.97. The Labute approximate surface area is 117 Å². The number of carboxylic acid groups (broad SMARTS) is 1. The van der Waals surface area contributed by atoms with E-state index in [2.05, 4.69) is 16.0 Å². The summed E-state index contributed by atoms with van der Waals surface area (Å²) >= 11 is 0. The number of amides is 1. The number of aromatic nitrogens is 1. The van der Waals surface area contributed by atoms with Gasteiger partial charge in [0, 0.05) is 17.1 Å². The normalized spacial score (nSPS) is 14.6. The molecule has 0 saturated heterocycles. The first-order valence-electron chi connectivity index (χ1n) is 6.78. The third-order valence-corrected chi connectivity index (χ3v) is 3.14. The molecule has 6 nitrogen and oxygen atoms in total. The lowest BCUT2D eigenvalue weighted by molar-refractivity contribution is -0.141. The smallest absolute Gasteiger partial charge is 0.325 e. The van der Waals surface area contributed by atoms with Gasteiger partial charge in [-0.3, -0.25) is 9.59 Å². The molecule has 20 heavy (non-hydrogen) atoms. The van der Waals surface area contributed by atoms with E-state index in [1.165, 1.54) is 6.92 Å². The number of nitrogens with two attached hydrogens (primary N) is 1. The molecule has 0 saturated carbocycles. The number of aromatic amines is 1. The Balaban J connectivity index is 2.12. The van der Waals surface area contributed by atoms with Crippen LogP contribution in [-0.4, -0.2) is 34.1 Å². The first kappa shape index (κ1) is 12.7. The number of benzene rings is 1. The summed E-state index contributed by atoms with van der Waals surface area (Å²) in [5.41, 5.74) is 4.03. The number of carbonyl (C=O) groups is 2. The van der Waals surface area contributed by atoms with Crippen LogP contribution in [-0.2, 0) is 16.0 Å². The standard InChI is InChI=1S/C14H17N3O3/c1-8(14(19)20)17-13(18)11(15)6-9-7-16-12-5-3-2-4-10(9)12/h2-5,7-8,11,16H,6,15H2,1H3,(H,17,18)(H,19,20)/t8-,11-/m0/s1/i/hD. The van der Waals surface area contributed by atoms with Gasteiger partial charge in [-0.2, -0.15) is 0 Å². The number of H-pyrrole nitrogens is 1. The minimum atomic E-state index is -1.11. The van der Waals surface area contributed by atoms with Gasteiger partial charge in [0.05, 0.1) is 6.04 Å². The minimum Gasteiger partial charge on any atom is -0.480 e. The first-order chi connectivity index (χ1) is 10.0. The Morgan fingerprint density at radius 2 is 2.25 bits per heavy atom. The topological polar surface area (TPSA) is 108 Å². The zero-order chi connectivity index (χ0) is 15.4. The fraction of sp³-hybridized carbons (Fsp3) is 0.286. The number of carbonyl (C=O) groups excluding carboxylic acids is 1. The van der Waals surface area contributed by atoms with Crippen molar-refractivity contribution in [1.29, 1.82) is 0 Å². The zero-order valence-corrected chi connectivity index (χ0v) is 11.0. The maximum atomic E-state index is 12.0. The van der Waals surface area contributed by atoms with Gasteiger partial charge in [-0.05, 0) is 25.0 Å². The van der Waals surface area contributed by atoms with Crippen molar-refractivity contribution >= 4 is 22.8 Å². The Bertz CT molecular complexity index is 656. The molecule has 5 N–H and O–H groups in total. The molecular formula is C14H17N3O3. The minimum absolute atomic E-state index is 0.297. The Morgan fingerprint density at radius 3 is 2.95 bits per heavy atom. The average molecular weight is 276 g/mol. The molecule has 0 spiro atoms. The third-order valence-electron chi connectivity index (χ3n) is 3.14. The molecule has 1 aromatic heterocycles. The van der Waals surface area contributed by atoms with Crippen molar-refractivity contribution < 1.29 is 16.1 Å². The predicted octanol–water partition coefficient (Wildman–Crippen LogP) is 0.627. The molecule has 2 atom stereocenters. The van der Waals surface area contributed by atoms with E-state index in [0.717, 1.165) is 16.5 Å². The van der Waals surface area contributed by atoms with Gasteiger partial charge in [-0.25, -0.2) is 0 Å². The number of hydrogen-bond acceptors (Lipinski definition) is 3. The molecule has 0 aliphatic heterocycles. The van der Waals surface area contributed by atoms with Crippen LogP contribution < -0.4 is 11.0 Å². The average Bonchev–Trinajstić information content (AvgIpc) is 2.87. The molecule has 2 rings (SSSR count). The molecule has 0 unspecified atom stereocenters. The molecule has 2 aromatic rings. The lowest BCUT2D eigenvalue weighted by Crippen LogP contribution is -2.47. The van der Waals surface area contributed by atoms with E-state index < -0.39 is 24.0 Å². The largest absolute Gasteiger partial charge is 0.480 e. The van der Waals surface area contributed by atoms with Crippen molar-refractivity contribution in [2.75, 3.05) is 0 Å². The number of aliphatic carboxylic acids is 1. The van der Waals surface area contributed by atoms with Crippen LogP contribution >= 0.6 is 0 Å². The van der Waals surface area contributed by atoms with Crippen molar-refractivity contribution in [2.24, 2.45) is 5.73 Å². The van der Waals surface area contributed by atoms with Gasteiger partial charge in [0.25, 0.3) is 0 Å². The van der Waals surface area contributed by atoms with Gasteiger partial charge in [0.15, 0.2) is 0 Å². The molecular weight excluding hydrogens is 258 g/mol. The summed E-state index contributed by atoms with van der Waals surface area (Å²) in [6.07, 6.45) is 2.09. The van der Waals surface area contributed by atoms with Crippen molar-refractivity contribution in [3.8, 4) is 0 Å². The highest BCUT2D eigenvalue weighted by molar-refractivity contribution is 5.88. The number of fused-ring (bicyclic) bond motifs is 1. The zero-order valence-electron chi connectivity index (χ0n) is 12.0. The second kappa shape index (κ2) is 5.75. The Kier molecular flexibility index (Phi) is 3.64.